The molecule has 1 saturated carbocycles. The Balaban J connectivity index is 1.48. The first-order valence-electron chi connectivity index (χ1n) is 10.1. The molecule has 154 valence electrons. The van der Waals surface area contributed by atoms with Gasteiger partial charge in [-0.05, 0) is 49.3 Å². The summed E-state index contributed by atoms with van der Waals surface area (Å²) in [6, 6.07) is 7.67. The zero-order valence-electron chi connectivity index (χ0n) is 16.9. The Morgan fingerprint density at radius 3 is 2.64 bits per heavy atom. The van der Waals surface area contributed by atoms with E-state index in [2.05, 4.69) is 15.2 Å². The molecule has 2 aliphatic rings. The van der Waals surface area contributed by atoms with E-state index in [1.807, 2.05) is 36.1 Å². The van der Waals surface area contributed by atoms with E-state index in [1.165, 1.54) is 12.8 Å². The summed E-state index contributed by atoms with van der Waals surface area (Å²) in [7, 11) is 1.78. The van der Waals surface area contributed by atoms with Crippen LogP contribution in [0.1, 0.15) is 31.7 Å². The second kappa shape index (κ2) is 9.61. The highest BCUT2D eigenvalue weighted by atomic mass is 35.5. The van der Waals surface area contributed by atoms with Gasteiger partial charge in [0.15, 0.2) is 5.96 Å². The van der Waals surface area contributed by atoms with Crippen molar-refractivity contribution >= 4 is 23.5 Å². The van der Waals surface area contributed by atoms with E-state index in [1.54, 1.807) is 7.05 Å². The highest BCUT2D eigenvalue weighted by Gasteiger charge is 2.42. The Kier molecular flexibility index (Phi) is 7.18. The maximum atomic E-state index is 12.6. The van der Waals surface area contributed by atoms with Crippen LogP contribution >= 0.6 is 11.6 Å². The summed E-state index contributed by atoms with van der Waals surface area (Å²) >= 11 is 5.94. The van der Waals surface area contributed by atoms with E-state index in [0.717, 1.165) is 44.2 Å². The molecule has 0 spiro atoms. The van der Waals surface area contributed by atoms with Crippen LogP contribution in [-0.2, 0) is 16.1 Å². The first-order valence-corrected chi connectivity index (χ1v) is 10.5. The van der Waals surface area contributed by atoms with Crippen LogP contribution in [0.25, 0.3) is 0 Å². The van der Waals surface area contributed by atoms with Gasteiger partial charge in [-0.3, -0.25) is 9.79 Å². The topological polar surface area (TPSA) is 57.2 Å². The number of carbonyl (C=O) groups is 1. The average Bonchev–Trinajstić information content (AvgIpc) is 3.46. The van der Waals surface area contributed by atoms with Gasteiger partial charge in [0, 0.05) is 51.5 Å². The number of hydrogen-bond acceptors (Lipinski definition) is 3. The van der Waals surface area contributed by atoms with Crippen LogP contribution in [0.4, 0.5) is 0 Å². The van der Waals surface area contributed by atoms with Crippen molar-refractivity contribution in [2.75, 3.05) is 46.4 Å². The summed E-state index contributed by atoms with van der Waals surface area (Å²) in [5, 5.41) is 4.21. The van der Waals surface area contributed by atoms with Crippen molar-refractivity contribution in [1.82, 2.24) is 15.1 Å². The number of carbonyl (C=O) groups excluding carboxylic acids is 1. The van der Waals surface area contributed by atoms with Gasteiger partial charge in [-0.15, -0.1) is 0 Å². The second-order valence-electron chi connectivity index (χ2n) is 7.71. The zero-order chi connectivity index (χ0) is 20.0. The average molecular weight is 407 g/mol. The molecule has 0 aromatic heterocycles. The van der Waals surface area contributed by atoms with Crippen LogP contribution in [0.2, 0.25) is 5.02 Å². The second-order valence-corrected chi connectivity index (χ2v) is 8.15. The van der Waals surface area contributed by atoms with Gasteiger partial charge in [0.2, 0.25) is 5.91 Å². The molecule has 1 aliphatic heterocycles. The Morgan fingerprint density at radius 2 is 2.04 bits per heavy atom. The number of nitrogens with zero attached hydrogens (tertiary/aromatic N) is 3. The fourth-order valence-corrected chi connectivity index (χ4v) is 3.72. The molecule has 0 atom stereocenters. The van der Waals surface area contributed by atoms with E-state index in [-0.39, 0.29) is 5.91 Å². The van der Waals surface area contributed by atoms with Gasteiger partial charge in [-0.2, -0.15) is 0 Å². The number of aliphatic imine (C=N–C) groups is 1. The first kappa shape index (κ1) is 20.9. The van der Waals surface area contributed by atoms with E-state index >= 15 is 0 Å². The molecule has 1 heterocycles. The molecule has 28 heavy (non-hydrogen) atoms. The van der Waals surface area contributed by atoms with Crippen LogP contribution in [0.15, 0.2) is 29.3 Å². The maximum Gasteiger partial charge on any atom is 0.242 e. The van der Waals surface area contributed by atoms with Crippen molar-refractivity contribution < 1.29 is 9.53 Å². The molecule has 0 unspecified atom stereocenters. The molecule has 6 nitrogen and oxygen atoms in total. The Labute approximate surface area is 172 Å². The third-order valence-electron chi connectivity index (χ3n) is 5.68. The number of hydrogen-bond donors (Lipinski definition) is 1. The van der Waals surface area contributed by atoms with E-state index in [4.69, 9.17) is 16.3 Å². The SMILES string of the molecule is CCOCCC1(CNC(=NC)N2CCN(Cc3ccc(Cl)cc3)C(=O)C2)CC1. The van der Waals surface area contributed by atoms with Gasteiger partial charge in [-0.1, -0.05) is 23.7 Å². The Morgan fingerprint density at radius 1 is 1.29 bits per heavy atom. The van der Waals surface area contributed by atoms with E-state index in [0.29, 0.717) is 30.1 Å². The van der Waals surface area contributed by atoms with Crippen molar-refractivity contribution in [3.63, 3.8) is 0 Å². The van der Waals surface area contributed by atoms with Crippen molar-refractivity contribution in [2.24, 2.45) is 10.4 Å². The molecule has 0 bridgehead atoms. The van der Waals surface area contributed by atoms with E-state index < -0.39 is 0 Å². The van der Waals surface area contributed by atoms with Gasteiger partial charge < -0.3 is 19.9 Å². The number of halogens is 1. The third-order valence-corrected chi connectivity index (χ3v) is 5.93. The molecule has 7 heteroatoms. The highest BCUT2D eigenvalue weighted by molar-refractivity contribution is 6.30. The summed E-state index contributed by atoms with van der Waals surface area (Å²) in [5.41, 5.74) is 1.43. The summed E-state index contributed by atoms with van der Waals surface area (Å²) in [6.45, 7) is 6.97. The van der Waals surface area contributed by atoms with Crippen molar-refractivity contribution in [1.29, 1.82) is 0 Å². The lowest BCUT2D eigenvalue weighted by Gasteiger charge is -2.36. The number of amides is 1. The summed E-state index contributed by atoms with van der Waals surface area (Å²) in [4.78, 5) is 21.0. The Bertz CT molecular complexity index is 688. The van der Waals surface area contributed by atoms with Crippen LogP contribution in [0, 0.1) is 5.41 Å². The lowest BCUT2D eigenvalue weighted by atomic mass is 10.0. The molecule has 1 N–H and O–H groups in total. The Hall–Kier alpha value is -1.79. The molecule has 1 saturated heterocycles. The number of ether oxygens (including phenoxy) is 1. The molecule has 1 aliphatic carbocycles. The van der Waals surface area contributed by atoms with E-state index in [9.17, 15) is 4.79 Å². The van der Waals surface area contributed by atoms with Gasteiger partial charge >= 0.3 is 0 Å². The van der Waals surface area contributed by atoms with Gasteiger partial charge in [-0.25, -0.2) is 0 Å². The number of piperazine rings is 1. The predicted molar refractivity (Wildman–Crippen MR) is 113 cm³/mol. The summed E-state index contributed by atoms with van der Waals surface area (Å²) in [6.07, 6.45) is 3.55. The van der Waals surface area contributed by atoms with Crippen LogP contribution in [-0.4, -0.2) is 68.1 Å². The number of guanidine groups is 1. The highest BCUT2D eigenvalue weighted by Crippen LogP contribution is 2.48. The largest absolute Gasteiger partial charge is 0.382 e. The minimum atomic E-state index is 0.127. The van der Waals surface area contributed by atoms with Gasteiger partial charge in [0.1, 0.15) is 0 Å². The minimum Gasteiger partial charge on any atom is -0.382 e. The summed E-state index contributed by atoms with van der Waals surface area (Å²) < 4.78 is 5.51. The fraction of sp³-hybridized carbons (Fsp3) is 0.619. The maximum absolute atomic E-state index is 12.6. The predicted octanol–water partition coefficient (Wildman–Crippen LogP) is 2.77. The normalized spacial score (nSPS) is 19.1. The molecular weight excluding hydrogens is 376 g/mol. The van der Waals surface area contributed by atoms with Crippen molar-refractivity contribution in [3.8, 4) is 0 Å². The van der Waals surface area contributed by atoms with Crippen molar-refractivity contribution in [3.05, 3.63) is 34.9 Å². The fourth-order valence-electron chi connectivity index (χ4n) is 3.59. The monoisotopic (exact) mass is 406 g/mol. The van der Waals surface area contributed by atoms with Gasteiger partial charge in [0.05, 0.1) is 6.54 Å². The molecule has 3 rings (SSSR count). The van der Waals surface area contributed by atoms with Crippen molar-refractivity contribution in [2.45, 2.75) is 32.7 Å². The summed E-state index contributed by atoms with van der Waals surface area (Å²) in [5.74, 6) is 0.948. The number of nitrogens with one attached hydrogen (secondary N) is 1. The van der Waals surface area contributed by atoms with Crippen LogP contribution in [0.5, 0.6) is 0 Å². The lowest BCUT2D eigenvalue weighted by Crippen LogP contribution is -2.55. The third kappa shape index (κ3) is 5.61. The molecular formula is C21H31ClN4O2. The molecule has 1 aromatic carbocycles. The quantitative estimate of drug-likeness (QED) is 0.409. The number of rotatable bonds is 8. The first-order chi connectivity index (χ1) is 13.5. The lowest BCUT2D eigenvalue weighted by molar-refractivity contribution is -0.135. The van der Waals surface area contributed by atoms with Crippen LogP contribution < -0.4 is 5.32 Å². The van der Waals surface area contributed by atoms with Gasteiger partial charge in [0.25, 0.3) is 0 Å². The van der Waals surface area contributed by atoms with Crippen LogP contribution in [0.3, 0.4) is 0 Å². The molecule has 1 aromatic rings. The number of benzene rings is 1. The standard InChI is InChI=1S/C21H31ClN4O2/c1-3-28-13-10-21(8-9-21)16-24-20(23-2)26-12-11-25(19(27)15-26)14-17-4-6-18(22)7-5-17/h4-7H,3,8-16H2,1-2H3,(H,23,24). The zero-order valence-corrected chi connectivity index (χ0v) is 17.7. The minimum absolute atomic E-state index is 0.127. The molecule has 0 radical (unpaired) electrons. The smallest absolute Gasteiger partial charge is 0.242 e. The molecule has 2 fully saturated rings. The molecule has 1 amide bonds.